The Morgan fingerprint density at radius 3 is 1.84 bits per heavy atom. The summed E-state index contributed by atoms with van der Waals surface area (Å²) < 4.78 is 12.2. The van der Waals surface area contributed by atoms with Crippen molar-refractivity contribution in [2.24, 2.45) is 0 Å². The Labute approximate surface area is 116 Å². The molecule has 0 aliphatic rings. The van der Waals surface area contributed by atoms with Crippen LogP contribution in [0.4, 0.5) is 0 Å². The van der Waals surface area contributed by atoms with E-state index in [2.05, 4.69) is 13.8 Å². The lowest BCUT2D eigenvalue weighted by molar-refractivity contribution is 0.300. The maximum atomic E-state index is 12.2. The minimum absolute atomic E-state index is 0.553. The van der Waals surface area contributed by atoms with E-state index in [-0.39, 0.29) is 0 Å². The van der Waals surface area contributed by atoms with E-state index in [0.717, 1.165) is 31.2 Å². The van der Waals surface area contributed by atoms with E-state index in [4.69, 9.17) is 0 Å². The van der Waals surface area contributed by atoms with Crippen molar-refractivity contribution in [3.8, 4) is 0 Å². The maximum Gasteiger partial charge on any atom is 0.335 e. The van der Waals surface area contributed by atoms with Gasteiger partial charge in [-0.1, -0.05) is 69.9 Å². The van der Waals surface area contributed by atoms with Crippen LogP contribution >= 0.6 is 7.60 Å². The van der Waals surface area contributed by atoms with Gasteiger partial charge >= 0.3 is 7.60 Å². The van der Waals surface area contributed by atoms with Crippen LogP contribution in [0.5, 0.6) is 0 Å². The highest BCUT2D eigenvalue weighted by atomic mass is 31.2. The number of unbranched alkanes of at least 4 members (excludes halogenated alkanes) is 2. The Hall–Kier alpha value is -0.630. The molecule has 0 saturated carbocycles. The summed E-state index contributed by atoms with van der Waals surface area (Å²) in [5.74, 6) is 0. The first kappa shape index (κ1) is 16.4. The molecule has 4 heteroatoms. The van der Waals surface area contributed by atoms with E-state index in [1.165, 1.54) is 0 Å². The zero-order chi connectivity index (χ0) is 14.4. The first-order valence-electron chi connectivity index (χ1n) is 7.09. The molecule has 0 bridgehead atoms. The molecule has 0 atom stereocenters. The van der Waals surface area contributed by atoms with Crippen molar-refractivity contribution < 1.29 is 14.4 Å². The average Bonchev–Trinajstić information content (AvgIpc) is 2.39. The smallest absolute Gasteiger partial charge is 0.324 e. The van der Waals surface area contributed by atoms with Crippen molar-refractivity contribution in [2.75, 3.05) is 0 Å². The zero-order valence-corrected chi connectivity index (χ0v) is 12.8. The van der Waals surface area contributed by atoms with E-state index >= 15 is 0 Å². The monoisotopic (exact) mass is 284 g/mol. The Morgan fingerprint density at radius 2 is 1.47 bits per heavy atom. The summed E-state index contributed by atoms with van der Waals surface area (Å²) in [6.45, 7) is 4.10. The summed E-state index contributed by atoms with van der Waals surface area (Å²) in [5.41, 5.74) is 0.783. The van der Waals surface area contributed by atoms with Crippen LogP contribution in [0.1, 0.15) is 57.9 Å². The predicted octanol–water partition coefficient (Wildman–Crippen LogP) is 4.44. The Bertz CT molecular complexity index is 403. The number of hydrogen-bond donors (Lipinski definition) is 2. The topological polar surface area (TPSA) is 57.5 Å². The third kappa shape index (κ3) is 3.92. The lowest BCUT2D eigenvalue weighted by Crippen LogP contribution is -2.26. The molecule has 0 aromatic heterocycles. The van der Waals surface area contributed by atoms with Gasteiger partial charge in [0.05, 0.1) is 5.16 Å². The fourth-order valence-corrected chi connectivity index (χ4v) is 3.94. The Kier molecular flexibility index (Phi) is 6.25. The quantitative estimate of drug-likeness (QED) is 0.694. The molecule has 1 aromatic rings. The van der Waals surface area contributed by atoms with Gasteiger partial charge in [-0.2, -0.15) is 0 Å². The summed E-state index contributed by atoms with van der Waals surface area (Å²) in [6.07, 6.45) is 4.67. The molecular weight excluding hydrogens is 259 g/mol. The zero-order valence-electron chi connectivity index (χ0n) is 11.9. The lowest BCUT2D eigenvalue weighted by atomic mass is 9.88. The van der Waals surface area contributed by atoms with Gasteiger partial charge in [0.15, 0.2) is 0 Å². The second-order valence-corrected chi connectivity index (χ2v) is 7.09. The van der Waals surface area contributed by atoms with Crippen molar-refractivity contribution in [3.63, 3.8) is 0 Å². The van der Waals surface area contributed by atoms with E-state index in [1.54, 1.807) is 0 Å². The summed E-state index contributed by atoms with van der Waals surface area (Å²) in [6, 6.07) is 9.30. The molecule has 0 unspecified atom stereocenters. The molecule has 0 saturated heterocycles. The van der Waals surface area contributed by atoms with Gasteiger partial charge in [0.1, 0.15) is 0 Å². The van der Waals surface area contributed by atoms with Crippen LogP contribution < -0.4 is 0 Å². The second-order valence-electron chi connectivity index (χ2n) is 5.15. The third-order valence-electron chi connectivity index (χ3n) is 3.76. The largest absolute Gasteiger partial charge is 0.335 e. The van der Waals surface area contributed by atoms with Crippen molar-refractivity contribution in [1.29, 1.82) is 0 Å². The molecule has 0 aliphatic heterocycles. The minimum atomic E-state index is -4.19. The van der Waals surface area contributed by atoms with Gasteiger partial charge in [-0.05, 0) is 18.4 Å². The molecule has 0 amide bonds. The summed E-state index contributed by atoms with van der Waals surface area (Å²) in [5, 5.41) is -1.000. The van der Waals surface area contributed by atoms with Gasteiger partial charge in [-0.3, -0.25) is 4.57 Å². The first-order valence-corrected chi connectivity index (χ1v) is 8.70. The van der Waals surface area contributed by atoms with Crippen LogP contribution in [-0.4, -0.2) is 9.79 Å². The molecule has 1 rings (SSSR count). The summed E-state index contributed by atoms with van der Waals surface area (Å²) >= 11 is 0. The number of hydrogen-bond acceptors (Lipinski definition) is 1. The molecule has 1 aromatic carbocycles. The highest BCUT2D eigenvalue weighted by molar-refractivity contribution is 7.53. The average molecular weight is 284 g/mol. The highest BCUT2D eigenvalue weighted by Gasteiger charge is 2.46. The van der Waals surface area contributed by atoms with Crippen LogP contribution in [0.25, 0.3) is 0 Å². The van der Waals surface area contributed by atoms with Crippen molar-refractivity contribution in [2.45, 2.75) is 57.5 Å². The van der Waals surface area contributed by atoms with Crippen LogP contribution in [-0.2, 0) is 9.72 Å². The van der Waals surface area contributed by atoms with Gasteiger partial charge in [0.2, 0.25) is 0 Å². The molecule has 2 N–H and O–H groups in total. The fraction of sp³-hybridized carbons (Fsp3) is 0.600. The van der Waals surface area contributed by atoms with Crippen molar-refractivity contribution in [1.82, 2.24) is 0 Å². The van der Waals surface area contributed by atoms with E-state index in [1.807, 2.05) is 30.3 Å². The number of benzene rings is 1. The molecular formula is C15H25O3P. The molecule has 0 fully saturated rings. The molecule has 19 heavy (non-hydrogen) atoms. The van der Waals surface area contributed by atoms with E-state index < -0.39 is 12.8 Å². The highest BCUT2D eigenvalue weighted by Crippen LogP contribution is 2.62. The Balaban J connectivity index is 3.22. The first-order chi connectivity index (χ1) is 8.98. The van der Waals surface area contributed by atoms with Crippen LogP contribution in [0.2, 0.25) is 0 Å². The Morgan fingerprint density at radius 1 is 1.00 bits per heavy atom. The van der Waals surface area contributed by atoms with Crippen molar-refractivity contribution >= 4 is 7.60 Å². The summed E-state index contributed by atoms with van der Waals surface area (Å²) in [7, 11) is -4.19. The normalized spacial score (nSPS) is 12.6. The van der Waals surface area contributed by atoms with Gasteiger partial charge in [0.25, 0.3) is 0 Å². The van der Waals surface area contributed by atoms with Gasteiger partial charge in [-0.15, -0.1) is 0 Å². The lowest BCUT2D eigenvalue weighted by Gasteiger charge is -2.35. The molecule has 0 radical (unpaired) electrons. The SMILES string of the molecule is CCCCC(CCCC)(c1ccccc1)P(=O)(O)O. The minimum Gasteiger partial charge on any atom is -0.324 e. The van der Waals surface area contributed by atoms with Crippen LogP contribution in [0.15, 0.2) is 30.3 Å². The van der Waals surface area contributed by atoms with Gasteiger partial charge in [0, 0.05) is 0 Å². The summed E-state index contributed by atoms with van der Waals surface area (Å²) in [4.78, 5) is 19.9. The predicted molar refractivity (Wildman–Crippen MR) is 79.2 cm³/mol. The van der Waals surface area contributed by atoms with Crippen molar-refractivity contribution in [3.05, 3.63) is 35.9 Å². The van der Waals surface area contributed by atoms with Gasteiger partial charge in [-0.25, -0.2) is 0 Å². The van der Waals surface area contributed by atoms with Crippen LogP contribution in [0.3, 0.4) is 0 Å². The molecule has 3 nitrogen and oxygen atoms in total. The number of rotatable bonds is 8. The molecule has 0 heterocycles. The fourth-order valence-electron chi connectivity index (χ4n) is 2.56. The second kappa shape index (κ2) is 7.23. The maximum absolute atomic E-state index is 12.2. The van der Waals surface area contributed by atoms with E-state index in [9.17, 15) is 14.4 Å². The van der Waals surface area contributed by atoms with E-state index in [0.29, 0.717) is 12.8 Å². The molecule has 0 aliphatic carbocycles. The van der Waals surface area contributed by atoms with Gasteiger partial charge < -0.3 is 9.79 Å². The molecule has 0 spiro atoms. The third-order valence-corrected chi connectivity index (χ3v) is 5.58. The molecule has 108 valence electrons. The van der Waals surface area contributed by atoms with Crippen LogP contribution in [0, 0.1) is 0 Å². The standard InChI is InChI=1S/C15H25O3P/c1-3-5-12-15(13-6-4-2,19(16,17)18)14-10-8-7-9-11-14/h7-11H,3-6,12-13H2,1-2H3,(H2,16,17,18).